The van der Waals surface area contributed by atoms with E-state index in [9.17, 15) is 9.59 Å². The molecular weight excluding hydrogens is 384 g/mol. The minimum Gasteiger partial charge on any atom is -0.390 e. The highest BCUT2D eigenvalue weighted by molar-refractivity contribution is 5.80. The van der Waals surface area contributed by atoms with Crippen molar-refractivity contribution in [2.75, 3.05) is 34.4 Å². The third kappa shape index (κ3) is 6.67. The number of carbonyl (C=O) groups is 2. The number of hydrogen-bond donors (Lipinski definition) is 1. The van der Waals surface area contributed by atoms with Crippen LogP contribution in [0.1, 0.15) is 53.4 Å². The Kier molecular flexibility index (Phi) is 11.3. The molecular formula is C22H42N4O4. The summed E-state index contributed by atoms with van der Waals surface area (Å²) in [6.45, 7) is 9.12. The second kappa shape index (κ2) is 12.9. The molecule has 5 atom stereocenters. The second-order valence-electron chi connectivity index (χ2n) is 8.59. The van der Waals surface area contributed by atoms with Crippen LogP contribution in [0.15, 0.2) is 4.99 Å². The molecule has 1 rings (SSSR count). The molecule has 8 nitrogen and oxygen atoms in total. The normalized spacial score (nSPS) is 21.1. The second-order valence-corrected chi connectivity index (χ2v) is 8.59. The maximum absolute atomic E-state index is 13.3. The zero-order valence-electron chi connectivity index (χ0n) is 19.8. The molecule has 0 aromatic heterocycles. The van der Waals surface area contributed by atoms with Gasteiger partial charge >= 0.3 is 0 Å². The van der Waals surface area contributed by atoms with Crippen molar-refractivity contribution in [1.29, 1.82) is 0 Å². The summed E-state index contributed by atoms with van der Waals surface area (Å²) in [6, 6.07) is -0.144. The van der Waals surface area contributed by atoms with E-state index in [1.54, 1.807) is 26.2 Å². The van der Waals surface area contributed by atoms with Gasteiger partial charge in [0.15, 0.2) is 0 Å². The van der Waals surface area contributed by atoms with Gasteiger partial charge in [0.2, 0.25) is 11.8 Å². The van der Waals surface area contributed by atoms with Crippen LogP contribution in [0.25, 0.3) is 0 Å². The number of nitrogens with two attached hydrogens (primary N) is 1. The Bertz CT molecular complexity index is 569. The Hall–Kier alpha value is -1.67. The number of methoxy groups -OCH3 is 2. The number of likely N-dealkylation sites (tertiary alicyclic amines) is 1. The molecule has 1 aliphatic rings. The van der Waals surface area contributed by atoms with Gasteiger partial charge in [0.1, 0.15) is 6.54 Å². The van der Waals surface area contributed by atoms with Crippen LogP contribution in [0.3, 0.4) is 0 Å². The monoisotopic (exact) mass is 426 g/mol. The number of carbonyl (C=O) groups excluding carboxylic acids is 2. The lowest BCUT2D eigenvalue weighted by Crippen LogP contribution is -2.52. The van der Waals surface area contributed by atoms with Crippen LogP contribution < -0.4 is 5.73 Å². The predicted molar refractivity (Wildman–Crippen MR) is 119 cm³/mol. The number of ether oxygens (including phenoxy) is 2. The molecule has 5 unspecified atom stereocenters. The van der Waals surface area contributed by atoms with E-state index in [0.717, 1.165) is 32.1 Å². The molecule has 1 aliphatic heterocycles. The summed E-state index contributed by atoms with van der Waals surface area (Å²) < 4.78 is 11.5. The molecule has 30 heavy (non-hydrogen) atoms. The fourth-order valence-corrected chi connectivity index (χ4v) is 4.60. The van der Waals surface area contributed by atoms with Gasteiger partial charge in [0.25, 0.3) is 0 Å². The number of hydrogen-bond acceptors (Lipinski definition) is 5. The first kappa shape index (κ1) is 26.4. The molecule has 0 aliphatic carbocycles. The number of likely N-dealkylation sites (N-methyl/N-ethyl adjacent to an activating group) is 1. The Morgan fingerprint density at radius 3 is 2.43 bits per heavy atom. The summed E-state index contributed by atoms with van der Waals surface area (Å²) >= 11 is 0. The van der Waals surface area contributed by atoms with Gasteiger partial charge in [0, 0.05) is 27.8 Å². The van der Waals surface area contributed by atoms with Gasteiger partial charge < -0.3 is 25.0 Å². The van der Waals surface area contributed by atoms with E-state index in [1.807, 2.05) is 4.90 Å². The zero-order chi connectivity index (χ0) is 22.8. The van der Waals surface area contributed by atoms with E-state index in [4.69, 9.17) is 15.2 Å². The van der Waals surface area contributed by atoms with Gasteiger partial charge in [-0.2, -0.15) is 0 Å². The Morgan fingerprint density at radius 1 is 1.27 bits per heavy atom. The average molecular weight is 427 g/mol. The van der Waals surface area contributed by atoms with Crippen molar-refractivity contribution in [3.8, 4) is 0 Å². The van der Waals surface area contributed by atoms with Crippen LogP contribution in [-0.4, -0.2) is 86.6 Å². The highest BCUT2D eigenvalue weighted by Gasteiger charge is 2.39. The van der Waals surface area contributed by atoms with Gasteiger partial charge in [0.05, 0.1) is 37.1 Å². The Labute approximate surface area is 182 Å². The molecule has 0 aromatic carbocycles. The quantitative estimate of drug-likeness (QED) is 0.380. The minimum atomic E-state index is -0.399. The zero-order valence-corrected chi connectivity index (χ0v) is 19.8. The molecule has 1 heterocycles. The highest BCUT2D eigenvalue weighted by atomic mass is 16.5. The summed E-state index contributed by atoms with van der Waals surface area (Å²) in [5.41, 5.74) is 5.28. The van der Waals surface area contributed by atoms with Crippen molar-refractivity contribution in [2.24, 2.45) is 22.6 Å². The smallest absolute Gasteiger partial charge is 0.244 e. The molecule has 2 amide bonds. The molecule has 1 saturated heterocycles. The van der Waals surface area contributed by atoms with Crippen LogP contribution >= 0.6 is 0 Å². The molecule has 2 N–H and O–H groups in total. The van der Waals surface area contributed by atoms with E-state index in [0.29, 0.717) is 5.92 Å². The number of amides is 2. The summed E-state index contributed by atoms with van der Waals surface area (Å²) in [4.78, 5) is 33.3. The van der Waals surface area contributed by atoms with E-state index in [1.165, 1.54) is 0 Å². The van der Waals surface area contributed by atoms with E-state index < -0.39 is 6.10 Å². The van der Waals surface area contributed by atoms with Crippen molar-refractivity contribution in [3.05, 3.63) is 0 Å². The van der Waals surface area contributed by atoms with Crippen molar-refractivity contribution in [2.45, 2.75) is 77.7 Å². The van der Waals surface area contributed by atoms with Crippen molar-refractivity contribution < 1.29 is 19.1 Å². The highest BCUT2D eigenvalue weighted by Crippen LogP contribution is 2.28. The fourth-order valence-electron chi connectivity index (χ4n) is 4.60. The van der Waals surface area contributed by atoms with Crippen LogP contribution in [0.4, 0.5) is 0 Å². The number of rotatable bonds is 12. The lowest BCUT2D eigenvalue weighted by molar-refractivity contribution is -0.143. The summed E-state index contributed by atoms with van der Waals surface area (Å²) in [7, 11) is 5.07. The van der Waals surface area contributed by atoms with Gasteiger partial charge in [-0.25, -0.2) is 0 Å². The summed E-state index contributed by atoms with van der Waals surface area (Å²) in [5, 5.41) is 0. The maximum Gasteiger partial charge on any atom is 0.244 e. The SMILES string of the molecule is CCC(C)C(C(CC(=O)N1CCCC1C(OC)C(C)C)OC)N(C)C(=O)CN=CN. The number of nitrogens with zero attached hydrogens (tertiary/aromatic N) is 3. The largest absolute Gasteiger partial charge is 0.390 e. The van der Waals surface area contributed by atoms with Crippen LogP contribution in [0.5, 0.6) is 0 Å². The van der Waals surface area contributed by atoms with E-state index in [-0.39, 0.29) is 48.9 Å². The van der Waals surface area contributed by atoms with Crippen LogP contribution in [0, 0.1) is 11.8 Å². The molecule has 0 aromatic rings. The van der Waals surface area contributed by atoms with Crippen LogP contribution in [0.2, 0.25) is 0 Å². The first-order chi connectivity index (χ1) is 14.2. The topological polar surface area (TPSA) is 97.5 Å². The van der Waals surface area contributed by atoms with Gasteiger partial charge in [-0.05, 0) is 24.7 Å². The first-order valence-electron chi connectivity index (χ1n) is 11.0. The fraction of sp³-hybridized carbons (Fsp3) is 0.864. The van der Waals surface area contributed by atoms with Gasteiger partial charge in [-0.15, -0.1) is 0 Å². The van der Waals surface area contributed by atoms with Crippen molar-refractivity contribution >= 4 is 18.2 Å². The predicted octanol–water partition coefficient (Wildman–Crippen LogP) is 1.91. The standard InChI is InChI=1S/C22H42N4O4/c1-8-16(4)21(25(5)20(28)13-24-14-23)18(29-6)12-19(27)26-11-9-10-17(26)22(30-7)15(2)3/h14-18,21-22H,8-13H2,1-7H3,(H2,23,24). The van der Waals surface area contributed by atoms with E-state index >= 15 is 0 Å². The van der Waals surface area contributed by atoms with E-state index in [2.05, 4.69) is 32.7 Å². The lowest BCUT2D eigenvalue weighted by atomic mass is 9.90. The molecule has 0 spiro atoms. The van der Waals surface area contributed by atoms with Gasteiger partial charge in [-0.1, -0.05) is 34.1 Å². The molecule has 0 radical (unpaired) electrons. The van der Waals surface area contributed by atoms with Crippen molar-refractivity contribution in [1.82, 2.24) is 9.80 Å². The Balaban J connectivity index is 3.00. The summed E-state index contributed by atoms with van der Waals surface area (Å²) in [6.07, 6.45) is 3.77. The number of aliphatic imine (C=N–C) groups is 1. The molecule has 1 fully saturated rings. The first-order valence-corrected chi connectivity index (χ1v) is 11.0. The van der Waals surface area contributed by atoms with Crippen molar-refractivity contribution in [3.63, 3.8) is 0 Å². The third-order valence-corrected chi connectivity index (χ3v) is 6.39. The minimum absolute atomic E-state index is 0.0115. The molecule has 0 saturated carbocycles. The van der Waals surface area contributed by atoms with Gasteiger partial charge in [-0.3, -0.25) is 14.6 Å². The molecule has 174 valence electrons. The third-order valence-electron chi connectivity index (χ3n) is 6.39. The average Bonchev–Trinajstić information content (AvgIpc) is 3.20. The lowest BCUT2D eigenvalue weighted by Gasteiger charge is -2.39. The molecule has 8 heteroatoms. The maximum atomic E-state index is 13.3. The molecule has 0 bridgehead atoms. The summed E-state index contributed by atoms with van der Waals surface area (Å²) in [5.74, 6) is 0.401. The Morgan fingerprint density at radius 2 is 1.93 bits per heavy atom. The van der Waals surface area contributed by atoms with Crippen LogP contribution in [-0.2, 0) is 19.1 Å².